The third-order valence-corrected chi connectivity index (χ3v) is 2.82. The Morgan fingerprint density at radius 2 is 2.28 bits per heavy atom. The summed E-state index contributed by atoms with van der Waals surface area (Å²) < 4.78 is 4.69. The molecule has 1 aromatic heterocycles. The molecule has 0 spiro atoms. The molecule has 0 aliphatic carbocycles. The van der Waals surface area contributed by atoms with Crippen LogP contribution in [-0.4, -0.2) is 36.7 Å². The fourth-order valence-electron chi connectivity index (χ4n) is 1.11. The number of nitrogens with one attached hydrogen (secondary N) is 1. The number of rotatable bonds is 4. The lowest BCUT2D eigenvalue weighted by Crippen LogP contribution is -2.30. The van der Waals surface area contributed by atoms with E-state index in [2.05, 4.69) is 21.9 Å². The van der Waals surface area contributed by atoms with Gasteiger partial charge in [-0.25, -0.2) is 0 Å². The Kier molecular flexibility index (Phi) is 5.91. The fourth-order valence-corrected chi connectivity index (χ4v) is 1.90. The van der Waals surface area contributed by atoms with Crippen LogP contribution in [0.4, 0.5) is 0 Å². The number of hydrogen-bond donors (Lipinski definition) is 2. The van der Waals surface area contributed by atoms with E-state index in [-0.39, 0.29) is 25.7 Å². The third kappa shape index (κ3) is 4.57. The number of carbonyl (C=O) groups excluding carboxylic acids is 2. The molecule has 18 heavy (non-hydrogen) atoms. The van der Waals surface area contributed by atoms with E-state index in [0.29, 0.717) is 9.75 Å². The summed E-state index contributed by atoms with van der Waals surface area (Å²) >= 11 is 1.20. The summed E-state index contributed by atoms with van der Waals surface area (Å²) in [7, 11) is 0. The number of aliphatic hydroxyl groups excluding tert-OH is 1. The Bertz CT molecular complexity index is 484. The number of carbonyl (C=O) groups is 2. The van der Waals surface area contributed by atoms with Crippen molar-refractivity contribution in [2.24, 2.45) is 0 Å². The van der Waals surface area contributed by atoms with Crippen molar-refractivity contribution in [3.63, 3.8) is 0 Å². The largest absolute Gasteiger partial charge is 0.465 e. The van der Waals surface area contributed by atoms with Gasteiger partial charge in [0.05, 0.1) is 16.4 Å². The summed E-state index contributed by atoms with van der Waals surface area (Å²) in [4.78, 5) is 23.8. The maximum Gasteiger partial charge on any atom is 0.325 e. The third-order valence-electron chi connectivity index (χ3n) is 1.82. The van der Waals surface area contributed by atoms with Gasteiger partial charge in [-0.15, -0.1) is 11.3 Å². The monoisotopic (exact) mass is 267 g/mol. The first-order valence-electron chi connectivity index (χ1n) is 5.30. The van der Waals surface area contributed by atoms with Gasteiger partial charge in [0.15, 0.2) is 0 Å². The highest BCUT2D eigenvalue weighted by molar-refractivity contribution is 7.14. The van der Waals surface area contributed by atoms with Gasteiger partial charge in [0.25, 0.3) is 5.91 Å². The molecule has 1 rings (SSSR count). The maximum atomic E-state index is 11.6. The summed E-state index contributed by atoms with van der Waals surface area (Å²) in [5.41, 5.74) is 0. The normalized spacial score (nSPS) is 9.22. The van der Waals surface area contributed by atoms with Gasteiger partial charge in [0.1, 0.15) is 13.2 Å². The van der Waals surface area contributed by atoms with Crippen molar-refractivity contribution in [1.29, 1.82) is 0 Å². The highest BCUT2D eigenvalue weighted by Gasteiger charge is 2.10. The molecule has 0 aliphatic heterocycles. The van der Waals surface area contributed by atoms with Gasteiger partial charge in [-0.05, 0) is 19.1 Å². The molecule has 0 aliphatic rings. The molecule has 0 unspecified atom stereocenters. The van der Waals surface area contributed by atoms with Crippen LogP contribution in [0.2, 0.25) is 0 Å². The van der Waals surface area contributed by atoms with Crippen molar-refractivity contribution in [3.8, 4) is 11.8 Å². The summed E-state index contributed by atoms with van der Waals surface area (Å²) in [6, 6.07) is 3.30. The standard InChI is InChI=1S/C12H13NO4S/c1-2-17-11(15)8-13-12(16)10-6-5-9(18-10)4-3-7-14/h5-6,14H,2,7-8H2,1H3,(H,13,16). The minimum atomic E-state index is -0.470. The van der Waals surface area contributed by atoms with Crippen molar-refractivity contribution >= 4 is 23.2 Å². The summed E-state index contributed by atoms with van der Waals surface area (Å²) in [6.45, 7) is 1.62. The lowest BCUT2D eigenvalue weighted by atomic mass is 10.4. The molecule has 6 heteroatoms. The van der Waals surface area contributed by atoms with Gasteiger partial charge in [0.2, 0.25) is 0 Å². The minimum Gasteiger partial charge on any atom is -0.465 e. The minimum absolute atomic E-state index is 0.151. The van der Waals surface area contributed by atoms with Crippen LogP contribution in [0, 0.1) is 11.8 Å². The van der Waals surface area contributed by atoms with Crippen LogP contribution in [-0.2, 0) is 9.53 Å². The van der Waals surface area contributed by atoms with Gasteiger partial charge in [-0.2, -0.15) is 0 Å². The maximum absolute atomic E-state index is 11.6. The van der Waals surface area contributed by atoms with Crippen LogP contribution >= 0.6 is 11.3 Å². The molecule has 0 fully saturated rings. The number of amides is 1. The van der Waals surface area contributed by atoms with E-state index < -0.39 is 5.97 Å². The van der Waals surface area contributed by atoms with Gasteiger partial charge >= 0.3 is 5.97 Å². The molecule has 1 aromatic rings. The molecular weight excluding hydrogens is 254 g/mol. The number of ether oxygens (including phenoxy) is 1. The Morgan fingerprint density at radius 1 is 1.50 bits per heavy atom. The van der Waals surface area contributed by atoms with Crippen molar-refractivity contribution in [3.05, 3.63) is 21.9 Å². The Morgan fingerprint density at radius 3 is 2.94 bits per heavy atom. The molecule has 96 valence electrons. The Balaban J connectivity index is 2.51. The van der Waals surface area contributed by atoms with Gasteiger partial charge < -0.3 is 15.2 Å². The lowest BCUT2D eigenvalue weighted by molar-refractivity contribution is -0.141. The fraction of sp³-hybridized carbons (Fsp3) is 0.333. The van der Waals surface area contributed by atoms with E-state index in [9.17, 15) is 9.59 Å². The molecule has 0 saturated carbocycles. The molecule has 0 bridgehead atoms. The molecule has 2 N–H and O–H groups in total. The first-order valence-corrected chi connectivity index (χ1v) is 6.12. The second-order valence-corrected chi connectivity index (χ2v) is 4.20. The van der Waals surface area contributed by atoms with Crippen molar-refractivity contribution < 1.29 is 19.4 Å². The van der Waals surface area contributed by atoms with E-state index in [1.165, 1.54) is 11.3 Å². The molecular formula is C12H13NO4S. The van der Waals surface area contributed by atoms with Crippen molar-refractivity contribution in [1.82, 2.24) is 5.32 Å². The van der Waals surface area contributed by atoms with Crippen LogP contribution in [0.1, 0.15) is 21.5 Å². The number of aliphatic hydroxyl groups is 1. The van der Waals surface area contributed by atoms with E-state index >= 15 is 0 Å². The van der Waals surface area contributed by atoms with E-state index in [0.717, 1.165) is 0 Å². The summed E-state index contributed by atoms with van der Waals surface area (Å²) in [6.07, 6.45) is 0. The second kappa shape index (κ2) is 7.48. The number of esters is 1. The molecule has 1 heterocycles. The number of thiophene rings is 1. The predicted octanol–water partition coefficient (Wildman–Crippen LogP) is 0.385. The quantitative estimate of drug-likeness (QED) is 0.611. The van der Waals surface area contributed by atoms with Crippen LogP contribution < -0.4 is 5.32 Å². The topological polar surface area (TPSA) is 75.6 Å². The first-order chi connectivity index (χ1) is 8.67. The molecule has 0 radical (unpaired) electrons. The number of hydrogen-bond acceptors (Lipinski definition) is 5. The van der Waals surface area contributed by atoms with E-state index in [1.807, 2.05) is 0 Å². The molecule has 0 atom stereocenters. The zero-order valence-corrected chi connectivity index (χ0v) is 10.7. The summed E-state index contributed by atoms with van der Waals surface area (Å²) in [5.74, 6) is 4.38. The second-order valence-electron chi connectivity index (χ2n) is 3.11. The van der Waals surface area contributed by atoms with Crippen LogP contribution in [0.5, 0.6) is 0 Å². The van der Waals surface area contributed by atoms with Gasteiger partial charge in [-0.3, -0.25) is 9.59 Å². The highest BCUT2D eigenvalue weighted by atomic mass is 32.1. The Hall–Kier alpha value is -1.84. The van der Waals surface area contributed by atoms with Crippen molar-refractivity contribution in [2.45, 2.75) is 6.92 Å². The highest BCUT2D eigenvalue weighted by Crippen LogP contribution is 2.14. The smallest absolute Gasteiger partial charge is 0.325 e. The van der Waals surface area contributed by atoms with Gasteiger partial charge in [-0.1, -0.05) is 11.8 Å². The van der Waals surface area contributed by atoms with E-state index in [1.54, 1.807) is 19.1 Å². The molecule has 1 amide bonds. The van der Waals surface area contributed by atoms with Gasteiger partial charge in [0, 0.05) is 0 Å². The predicted molar refractivity (Wildman–Crippen MR) is 67.2 cm³/mol. The molecule has 0 saturated heterocycles. The summed E-state index contributed by atoms with van der Waals surface area (Å²) in [5, 5.41) is 11.0. The molecule has 5 nitrogen and oxygen atoms in total. The van der Waals surface area contributed by atoms with Crippen LogP contribution in [0.25, 0.3) is 0 Å². The average molecular weight is 267 g/mol. The zero-order chi connectivity index (χ0) is 13.4. The van der Waals surface area contributed by atoms with Crippen molar-refractivity contribution in [2.75, 3.05) is 19.8 Å². The lowest BCUT2D eigenvalue weighted by Gasteiger charge is -2.02. The molecule has 0 aromatic carbocycles. The SMILES string of the molecule is CCOC(=O)CNC(=O)c1ccc(C#CCO)s1. The van der Waals surface area contributed by atoms with Crippen LogP contribution in [0.3, 0.4) is 0 Å². The average Bonchev–Trinajstić information content (AvgIpc) is 2.82. The van der Waals surface area contributed by atoms with E-state index in [4.69, 9.17) is 5.11 Å². The Labute approximate surface area is 109 Å². The van der Waals surface area contributed by atoms with Crippen LogP contribution in [0.15, 0.2) is 12.1 Å². The zero-order valence-electron chi connectivity index (χ0n) is 9.86. The first kappa shape index (κ1) is 14.2.